The lowest BCUT2D eigenvalue weighted by Gasteiger charge is -2.52. The SMILES string of the molecule is CNCCCCCC(=O)NCCCCCC(=O)NCCCOC1OC(CO)[C@@](O)(OC2OC(CO)C(O)C(OC3OC(CO)C(O)C(O)C3O)C2O)C(O)C1NC(C)=O. The van der Waals surface area contributed by atoms with Gasteiger partial charge in [-0.2, -0.15) is 0 Å². The highest BCUT2D eigenvalue weighted by atomic mass is 16.8. The minimum Gasteiger partial charge on any atom is -0.394 e. The number of aliphatic hydroxyl groups is 10. The maximum atomic E-state index is 12.3. The molecule has 23 heteroatoms. The van der Waals surface area contributed by atoms with E-state index < -0.39 is 117 Å². The molecule has 0 aromatic rings. The topological polar surface area (TPSA) is 357 Å². The minimum atomic E-state index is -2.99. The summed E-state index contributed by atoms with van der Waals surface area (Å²) in [5, 5.41) is 117. The molecule has 0 saturated carbocycles. The molecule has 3 aliphatic heterocycles. The molecule has 3 saturated heterocycles. The summed E-state index contributed by atoms with van der Waals surface area (Å²) < 4.78 is 33.4. The van der Waals surface area contributed by atoms with Crippen LogP contribution in [0.4, 0.5) is 0 Å². The molecule has 0 spiro atoms. The number of amides is 3. The highest BCUT2D eigenvalue weighted by molar-refractivity contribution is 5.76. The van der Waals surface area contributed by atoms with Crippen LogP contribution in [0.2, 0.25) is 0 Å². The van der Waals surface area contributed by atoms with Crippen LogP contribution in [0.1, 0.15) is 64.7 Å². The van der Waals surface area contributed by atoms with Gasteiger partial charge in [-0.25, -0.2) is 0 Å². The molecule has 344 valence electrons. The summed E-state index contributed by atoms with van der Waals surface area (Å²) in [6.45, 7) is -0.0880. The van der Waals surface area contributed by atoms with Crippen LogP contribution in [-0.4, -0.2) is 214 Å². The molecule has 0 radical (unpaired) electrons. The average Bonchev–Trinajstić information content (AvgIpc) is 3.20. The van der Waals surface area contributed by atoms with Crippen molar-refractivity contribution in [2.45, 2.75) is 156 Å². The van der Waals surface area contributed by atoms with Crippen molar-refractivity contribution in [2.75, 3.05) is 53.1 Å². The number of rotatable bonds is 25. The lowest BCUT2D eigenvalue weighted by atomic mass is 9.92. The van der Waals surface area contributed by atoms with Gasteiger partial charge in [-0.15, -0.1) is 0 Å². The van der Waals surface area contributed by atoms with Crippen LogP contribution in [0.25, 0.3) is 0 Å². The monoisotopic (exact) mass is 858 g/mol. The van der Waals surface area contributed by atoms with E-state index in [4.69, 9.17) is 28.4 Å². The number of carbonyl (C=O) groups is 3. The molecule has 0 aromatic carbocycles. The van der Waals surface area contributed by atoms with Gasteiger partial charge >= 0.3 is 0 Å². The smallest absolute Gasteiger partial charge is 0.226 e. The summed E-state index contributed by atoms with van der Waals surface area (Å²) in [6.07, 6.45) is -17.9. The number of nitrogens with one attached hydrogen (secondary N) is 4. The third-order valence-electron chi connectivity index (χ3n) is 10.3. The van der Waals surface area contributed by atoms with Crippen molar-refractivity contribution < 1.29 is 93.9 Å². The molecule has 14 N–H and O–H groups in total. The zero-order valence-corrected chi connectivity index (χ0v) is 33.5. The second kappa shape index (κ2) is 25.6. The molecule has 3 amide bonds. The number of hydrogen-bond donors (Lipinski definition) is 14. The van der Waals surface area contributed by atoms with Crippen molar-refractivity contribution in [3.8, 4) is 0 Å². The number of ether oxygens (including phenoxy) is 6. The van der Waals surface area contributed by atoms with Crippen molar-refractivity contribution in [1.29, 1.82) is 0 Å². The Labute approximate surface area is 342 Å². The standard InChI is InChI=1S/C36H66N4O19/c1-19(44)40-25-32(52)36(53,59-35-30(51)31(27(48)21(17-42)56-35)58-34-29(50)28(49)26(47)20(16-41)55-34)22(18-43)57-33(25)54-15-9-14-39-24(46)11-6-4-8-13-38-23(45)10-5-3-7-12-37-2/h20-22,25-35,37,41-43,47-53H,3-18H2,1-2H3,(H,38,45)(H,39,46)(H,40,44)/t20?,21?,22?,25?,26?,27?,28?,29?,30?,31?,32?,33?,34?,35?,36-/m1/s1. The molecule has 15 atom stereocenters. The first-order chi connectivity index (χ1) is 28.1. The Balaban J connectivity index is 1.52. The van der Waals surface area contributed by atoms with E-state index in [0.717, 1.165) is 45.6 Å². The van der Waals surface area contributed by atoms with Crippen molar-refractivity contribution >= 4 is 17.7 Å². The third-order valence-corrected chi connectivity index (χ3v) is 10.3. The molecule has 3 rings (SSSR count). The zero-order chi connectivity index (χ0) is 43.7. The van der Waals surface area contributed by atoms with Gasteiger partial charge in [0.05, 0.1) is 26.4 Å². The van der Waals surface area contributed by atoms with E-state index >= 15 is 0 Å². The van der Waals surface area contributed by atoms with Crippen LogP contribution in [0.3, 0.4) is 0 Å². The average molecular weight is 859 g/mol. The second-order valence-electron chi connectivity index (χ2n) is 14.9. The van der Waals surface area contributed by atoms with Gasteiger partial charge in [-0.05, 0) is 45.7 Å². The fraction of sp³-hybridized carbons (Fsp3) is 0.917. The maximum Gasteiger partial charge on any atom is 0.226 e. The highest BCUT2D eigenvalue weighted by Crippen LogP contribution is 2.37. The Bertz CT molecular complexity index is 1260. The van der Waals surface area contributed by atoms with E-state index in [1.807, 2.05) is 7.05 Å². The second-order valence-corrected chi connectivity index (χ2v) is 14.9. The molecular weight excluding hydrogens is 792 g/mol. The molecule has 23 nitrogen and oxygen atoms in total. The molecule has 3 heterocycles. The molecule has 0 bridgehead atoms. The molecule has 0 aromatic heterocycles. The van der Waals surface area contributed by atoms with E-state index in [0.29, 0.717) is 19.4 Å². The van der Waals surface area contributed by atoms with Crippen molar-refractivity contribution in [2.24, 2.45) is 0 Å². The third kappa shape index (κ3) is 14.7. The summed E-state index contributed by atoms with van der Waals surface area (Å²) in [7, 11) is 1.89. The van der Waals surface area contributed by atoms with E-state index in [9.17, 15) is 65.4 Å². The summed E-state index contributed by atoms with van der Waals surface area (Å²) in [5.74, 6) is -3.86. The summed E-state index contributed by atoms with van der Waals surface area (Å²) in [4.78, 5) is 36.4. The van der Waals surface area contributed by atoms with Gasteiger partial charge in [0.1, 0.15) is 67.1 Å². The molecule has 59 heavy (non-hydrogen) atoms. The molecule has 14 unspecified atom stereocenters. The van der Waals surface area contributed by atoms with E-state index in [2.05, 4.69) is 21.3 Å². The Kier molecular flexibility index (Phi) is 22.2. The van der Waals surface area contributed by atoms with Crippen LogP contribution in [-0.2, 0) is 42.8 Å². The molecule has 3 fully saturated rings. The first-order valence-corrected chi connectivity index (χ1v) is 20.1. The number of carbonyl (C=O) groups excluding carboxylic acids is 3. The number of unbranched alkanes of at least 4 members (excludes halogenated alkanes) is 4. The lowest BCUT2D eigenvalue weighted by molar-refractivity contribution is -0.436. The Hall–Kier alpha value is -2.27. The van der Waals surface area contributed by atoms with E-state index in [1.54, 1.807) is 0 Å². The van der Waals surface area contributed by atoms with Gasteiger partial charge in [0.2, 0.25) is 23.5 Å². The zero-order valence-electron chi connectivity index (χ0n) is 33.5. The van der Waals surface area contributed by atoms with Crippen LogP contribution >= 0.6 is 0 Å². The van der Waals surface area contributed by atoms with Crippen LogP contribution in [0.15, 0.2) is 0 Å². The van der Waals surface area contributed by atoms with E-state index in [1.165, 1.54) is 0 Å². The van der Waals surface area contributed by atoms with Gasteiger partial charge in [-0.3, -0.25) is 14.4 Å². The van der Waals surface area contributed by atoms with Gasteiger partial charge in [-0.1, -0.05) is 12.8 Å². The Morgan fingerprint density at radius 2 is 1.22 bits per heavy atom. The Morgan fingerprint density at radius 3 is 1.80 bits per heavy atom. The van der Waals surface area contributed by atoms with Crippen molar-refractivity contribution in [3.05, 3.63) is 0 Å². The maximum absolute atomic E-state index is 12.3. The first-order valence-electron chi connectivity index (χ1n) is 20.1. The Morgan fingerprint density at radius 1 is 0.644 bits per heavy atom. The fourth-order valence-corrected chi connectivity index (χ4v) is 6.87. The quantitative estimate of drug-likeness (QED) is 0.0300. The van der Waals surface area contributed by atoms with Gasteiger partial charge < -0.3 is 101 Å². The summed E-state index contributed by atoms with van der Waals surface area (Å²) in [5.41, 5.74) is 0. The predicted molar refractivity (Wildman–Crippen MR) is 199 cm³/mol. The normalized spacial score (nSPS) is 36.2. The number of hydrogen-bond acceptors (Lipinski definition) is 20. The highest BCUT2D eigenvalue weighted by Gasteiger charge is 2.60. The summed E-state index contributed by atoms with van der Waals surface area (Å²) >= 11 is 0. The van der Waals surface area contributed by atoms with Gasteiger partial charge in [0.25, 0.3) is 0 Å². The van der Waals surface area contributed by atoms with Gasteiger partial charge in [0, 0.05) is 32.9 Å². The minimum absolute atomic E-state index is 0.0214. The van der Waals surface area contributed by atoms with Crippen molar-refractivity contribution in [1.82, 2.24) is 21.3 Å². The van der Waals surface area contributed by atoms with Crippen LogP contribution in [0, 0.1) is 0 Å². The molecular formula is C36H66N4O19. The fourth-order valence-electron chi connectivity index (χ4n) is 6.87. The van der Waals surface area contributed by atoms with Gasteiger partial charge in [0.15, 0.2) is 18.9 Å². The largest absolute Gasteiger partial charge is 0.394 e. The van der Waals surface area contributed by atoms with E-state index in [-0.39, 0.29) is 37.8 Å². The van der Waals surface area contributed by atoms with Crippen molar-refractivity contribution in [3.63, 3.8) is 0 Å². The van der Waals surface area contributed by atoms with Crippen LogP contribution in [0.5, 0.6) is 0 Å². The lowest BCUT2D eigenvalue weighted by Crippen LogP contribution is -2.74. The van der Waals surface area contributed by atoms with Crippen LogP contribution < -0.4 is 21.3 Å². The summed E-state index contributed by atoms with van der Waals surface area (Å²) in [6, 6.07) is -1.57. The molecule has 0 aliphatic carbocycles. The first kappa shape index (κ1) is 51.1. The predicted octanol–water partition coefficient (Wildman–Crippen LogP) is -6.12. The molecule has 3 aliphatic rings. The number of aliphatic hydroxyl groups excluding tert-OH is 9.